The molecule has 1 nitrogen and oxygen atoms in total. The molecule has 0 aliphatic rings. The highest BCUT2D eigenvalue weighted by Gasteiger charge is 2.03. The molecule has 0 spiro atoms. The van der Waals surface area contributed by atoms with E-state index in [1.165, 1.54) is 36.0 Å². The molecular formula is C19H24O. The zero-order valence-corrected chi connectivity index (χ0v) is 12.1. The fraction of sp³-hybridized carbons (Fsp3) is 0.368. The molecule has 0 radical (unpaired) electrons. The predicted molar refractivity (Wildman–Crippen MR) is 85.8 cm³/mol. The second kappa shape index (κ2) is 8.55. The van der Waals surface area contributed by atoms with Crippen molar-refractivity contribution in [2.75, 3.05) is 6.61 Å². The van der Waals surface area contributed by atoms with Crippen LogP contribution < -0.4 is 0 Å². The molecule has 1 heteroatoms. The smallest absolute Gasteiger partial charge is 0.0431 e. The standard InChI is InChI=1S/C19H24O/c20-16-10-3-1-2-5-11-18-14-8-9-15-19(18)17-12-6-4-7-13-17/h4,6-9,12-15,20H,1-3,5,10-11,16H2. The lowest BCUT2D eigenvalue weighted by molar-refractivity contribution is 0.282. The van der Waals surface area contributed by atoms with Gasteiger partial charge in [0.2, 0.25) is 0 Å². The normalized spacial score (nSPS) is 10.7. The molecule has 1 N–H and O–H groups in total. The van der Waals surface area contributed by atoms with Crippen LogP contribution in [0, 0.1) is 0 Å². The maximum atomic E-state index is 8.76. The minimum atomic E-state index is 0.330. The van der Waals surface area contributed by atoms with E-state index in [1.807, 2.05) is 0 Å². The second-order valence-corrected chi connectivity index (χ2v) is 5.26. The molecule has 0 aliphatic carbocycles. The van der Waals surface area contributed by atoms with Gasteiger partial charge in [-0.25, -0.2) is 0 Å². The molecule has 0 heterocycles. The monoisotopic (exact) mass is 268 g/mol. The van der Waals surface area contributed by atoms with E-state index >= 15 is 0 Å². The average Bonchev–Trinajstić information content (AvgIpc) is 2.52. The van der Waals surface area contributed by atoms with Crippen LogP contribution in [0.15, 0.2) is 54.6 Å². The van der Waals surface area contributed by atoms with Gasteiger partial charge in [-0.2, -0.15) is 0 Å². The fourth-order valence-electron chi connectivity index (χ4n) is 2.60. The van der Waals surface area contributed by atoms with Gasteiger partial charge in [0.1, 0.15) is 0 Å². The first kappa shape index (κ1) is 14.8. The zero-order chi connectivity index (χ0) is 14.0. The molecule has 0 aliphatic heterocycles. The SMILES string of the molecule is OCCCCCCCc1ccccc1-c1ccccc1. The van der Waals surface area contributed by atoms with E-state index in [-0.39, 0.29) is 0 Å². The number of unbranched alkanes of at least 4 members (excludes halogenated alkanes) is 4. The Hall–Kier alpha value is -1.60. The Morgan fingerprint density at radius 1 is 0.650 bits per heavy atom. The van der Waals surface area contributed by atoms with Gasteiger partial charge >= 0.3 is 0 Å². The molecule has 0 saturated heterocycles. The third-order valence-electron chi connectivity index (χ3n) is 3.71. The van der Waals surface area contributed by atoms with Crippen LogP contribution in [0.1, 0.15) is 37.7 Å². The quantitative estimate of drug-likeness (QED) is 0.679. The number of benzene rings is 2. The first-order chi connectivity index (χ1) is 9.92. The molecule has 0 aromatic heterocycles. The minimum Gasteiger partial charge on any atom is -0.396 e. The average molecular weight is 268 g/mol. The topological polar surface area (TPSA) is 20.2 Å². The van der Waals surface area contributed by atoms with E-state index in [9.17, 15) is 0 Å². The van der Waals surface area contributed by atoms with Crippen molar-refractivity contribution >= 4 is 0 Å². The highest BCUT2D eigenvalue weighted by molar-refractivity contribution is 5.67. The van der Waals surface area contributed by atoms with E-state index in [0.717, 1.165) is 19.3 Å². The summed E-state index contributed by atoms with van der Waals surface area (Å²) in [6, 6.07) is 19.3. The van der Waals surface area contributed by atoms with E-state index in [4.69, 9.17) is 5.11 Å². The molecule has 2 aromatic rings. The summed E-state index contributed by atoms with van der Waals surface area (Å²) in [5.74, 6) is 0. The summed E-state index contributed by atoms with van der Waals surface area (Å²) in [6.45, 7) is 0.330. The molecule has 0 unspecified atom stereocenters. The van der Waals surface area contributed by atoms with Crippen molar-refractivity contribution in [2.45, 2.75) is 38.5 Å². The van der Waals surface area contributed by atoms with Gasteiger partial charge in [0.25, 0.3) is 0 Å². The maximum Gasteiger partial charge on any atom is 0.0431 e. The molecule has 0 atom stereocenters. The molecular weight excluding hydrogens is 244 g/mol. The number of rotatable bonds is 8. The summed E-state index contributed by atoms with van der Waals surface area (Å²) >= 11 is 0. The van der Waals surface area contributed by atoms with Gasteiger partial charge in [0, 0.05) is 6.61 Å². The molecule has 0 saturated carbocycles. The van der Waals surface area contributed by atoms with Crippen LogP contribution in [0.4, 0.5) is 0 Å². The van der Waals surface area contributed by atoms with Crippen LogP contribution in [0.5, 0.6) is 0 Å². The summed E-state index contributed by atoms with van der Waals surface area (Å²) in [4.78, 5) is 0. The van der Waals surface area contributed by atoms with Crippen molar-refractivity contribution in [2.24, 2.45) is 0 Å². The number of aliphatic hydroxyl groups excluding tert-OH is 1. The third-order valence-corrected chi connectivity index (χ3v) is 3.71. The predicted octanol–water partition coefficient (Wildman–Crippen LogP) is 4.84. The Bertz CT molecular complexity index is 490. The van der Waals surface area contributed by atoms with E-state index in [1.54, 1.807) is 0 Å². The van der Waals surface area contributed by atoms with Crippen LogP contribution in [0.3, 0.4) is 0 Å². The van der Waals surface area contributed by atoms with Crippen molar-refractivity contribution in [3.05, 3.63) is 60.2 Å². The van der Waals surface area contributed by atoms with Crippen LogP contribution in [0.2, 0.25) is 0 Å². The number of aryl methyl sites for hydroxylation is 1. The summed E-state index contributed by atoms with van der Waals surface area (Å²) in [7, 11) is 0. The number of hydrogen-bond acceptors (Lipinski definition) is 1. The van der Waals surface area contributed by atoms with Gasteiger partial charge < -0.3 is 5.11 Å². The molecule has 0 fully saturated rings. The molecule has 106 valence electrons. The molecule has 2 rings (SSSR count). The largest absolute Gasteiger partial charge is 0.396 e. The molecule has 20 heavy (non-hydrogen) atoms. The van der Waals surface area contributed by atoms with Crippen LogP contribution in [-0.4, -0.2) is 11.7 Å². The van der Waals surface area contributed by atoms with E-state index in [2.05, 4.69) is 54.6 Å². The van der Waals surface area contributed by atoms with E-state index < -0.39 is 0 Å². The zero-order valence-electron chi connectivity index (χ0n) is 12.1. The third kappa shape index (κ3) is 4.50. The Morgan fingerprint density at radius 3 is 2.10 bits per heavy atom. The van der Waals surface area contributed by atoms with Crippen molar-refractivity contribution in [1.82, 2.24) is 0 Å². The molecule has 0 amide bonds. The highest BCUT2D eigenvalue weighted by Crippen LogP contribution is 2.24. The number of aliphatic hydroxyl groups is 1. The fourth-order valence-corrected chi connectivity index (χ4v) is 2.60. The van der Waals surface area contributed by atoms with Crippen LogP contribution >= 0.6 is 0 Å². The molecule has 2 aromatic carbocycles. The maximum absolute atomic E-state index is 8.76. The highest BCUT2D eigenvalue weighted by atomic mass is 16.2. The molecule has 0 bridgehead atoms. The van der Waals surface area contributed by atoms with Crippen molar-refractivity contribution in [3.8, 4) is 11.1 Å². The van der Waals surface area contributed by atoms with Gasteiger partial charge in [-0.1, -0.05) is 73.9 Å². The Labute approximate surface area is 122 Å². The summed E-state index contributed by atoms with van der Waals surface area (Å²) in [5, 5.41) is 8.76. The lowest BCUT2D eigenvalue weighted by Crippen LogP contribution is -1.91. The summed E-state index contributed by atoms with van der Waals surface area (Å²) in [6.07, 6.45) is 6.95. The minimum absolute atomic E-state index is 0.330. The first-order valence-corrected chi connectivity index (χ1v) is 7.66. The van der Waals surface area contributed by atoms with Crippen molar-refractivity contribution in [3.63, 3.8) is 0 Å². The summed E-state index contributed by atoms with van der Waals surface area (Å²) in [5.41, 5.74) is 4.12. The first-order valence-electron chi connectivity index (χ1n) is 7.66. The van der Waals surface area contributed by atoms with Gasteiger partial charge in [0.15, 0.2) is 0 Å². The second-order valence-electron chi connectivity index (χ2n) is 5.26. The van der Waals surface area contributed by atoms with Gasteiger partial charge in [0.05, 0.1) is 0 Å². The van der Waals surface area contributed by atoms with Gasteiger partial charge in [-0.05, 0) is 36.0 Å². The van der Waals surface area contributed by atoms with Gasteiger partial charge in [-0.3, -0.25) is 0 Å². The van der Waals surface area contributed by atoms with Crippen LogP contribution in [0.25, 0.3) is 11.1 Å². The Balaban J connectivity index is 1.92. The lowest BCUT2D eigenvalue weighted by Gasteiger charge is -2.09. The van der Waals surface area contributed by atoms with Gasteiger partial charge in [-0.15, -0.1) is 0 Å². The van der Waals surface area contributed by atoms with E-state index in [0.29, 0.717) is 6.61 Å². The Kier molecular flexibility index (Phi) is 6.33. The van der Waals surface area contributed by atoms with Crippen LogP contribution in [-0.2, 0) is 6.42 Å². The lowest BCUT2D eigenvalue weighted by atomic mass is 9.96. The Morgan fingerprint density at radius 2 is 1.30 bits per heavy atom. The van der Waals surface area contributed by atoms with Crippen molar-refractivity contribution < 1.29 is 5.11 Å². The van der Waals surface area contributed by atoms with Crippen molar-refractivity contribution in [1.29, 1.82) is 0 Å². The summed E-state index contributed by atoms with van der Waals surface area (Å²) < 4.78 is 0. The number of hydrogen-bond donors (Lipinski definition) is 1.